The highest BCUT2D eigenvalue weighted by Gasteiger charge is 2.27. The lowest BCUT2D eigenvalue weighted by atomic mass is 9.92. The molecule has 1 aromatic heterocycles. The molecule has 2 heterocycles. The summed E-state index contributed by atoms with van der Waals surface area (Å²) in [5.41, 5.74) is 2.80. The first-order chi connectivity index (χ1) is 16.7. The SMILES string of the molecule is CC(C)(C)Cc1nc(C(=O)NCCN2CCOCC2)c(-c2cccc(Cl)c2)n1-c1ccc(Cl)cc1. The monoisotopic (exact) mass is 514 g/mol. The molecule has 1 N–H and O–H groups in total. The normalized spacial score (nSPS) is 14.8. The van der Waals surface area contributed by atoms with Crippen LogP contribution in [-0.4, -0.2) is 59.8 Å². The number of halogens is 2. The predicted octanol–water partition coefficient (Wildman–Crippen LogP) is 5.50. The van der Waals surface area contributed by atoms with Crippen LogP contribution in [0.1, 0.15) is 37.1 Å². The molecule has 0 aliphatic carbocycles. The molecule has 35 heavy (non-hydrogen) atoms. The molecule has 8 heteroatoms. The fourth-order valence-corrected chi connectivity index (χ4v) is 4.54. The van der Waals surface area contributed by atoms with Crippen LogP contribution in [0, 0.1) is 5.41 Å². The number of nitrogens with zero attached hydrogens (tertiary/aromatic N) is 3. The average molecular weight is 515 g/mol. The van der Waals surface area contributed by atoms with E-state index in [-0.39, 0.29) is 11.3 Å². The minimum atomic E-state index is -0.198. The van der Waals surface area contributed by atoms with Crippen LogP contribution in [0.25, 0.3) is 16.9 Å². The Balaban J connectivity index is 1.76. The number of aromatic nitrogens is 2. The fraction of sp³-hybridized carbons (Fsp3) is 0.407. The molecule has 0 unspecified atom stereocenters. The van der Waals surface area contributed by atoms with Crippen molar-refractivity contribution in [2.45, 2.75) is 27.2 Å². The van der Waals surface area contributed by atoms with E-state index in [0.29, 0.717) is 28.7 Å². The van der Waals surface area contributed by atoms with Gasteiger partial charge in [-0.3, -0.25) is 14.3 Å². The fourth-order valence-electron chi connectivity index (χ4n) is 4.22. The van der Waals surface area contributed by atoms with E-state index in [1.807, 2.05) is 48.5 Å². The molecule has 2 aromatic carbocycles. The van der Waals surface area contributed by atoms with E-state index in [4.69, 9.17) is 32.9 Å². The Hall–Kier alpha value is -2.38. The number of morpholine rings is 1. The Morgan fingerprint density at radius 2 is 1.77 bits per heavy atom. The minimum absolute atomic E-state index is 0.0365. The summed E-state index contributed by atoms with van der Waals surface area (Å²) in [5, 5.41) is 4.33. The van der Waals surface area contributed by atoms with Gasteiger partial charge < -0.3 is 10.1 Å². The van der Waals surface area contributed by atoms with Crippen LogP contribution in [0.5, 0.6) is 0 Å². The van der Waals surface area contributed by atoms with Crippen LogP contribution >= 0.6 is 23.2 Å². The van der Waals surface area contributed by atoms with Gasteiger partial charge in [-0.15, -0.1) is 0 Å². The highest BCUT2D eigenvalue weighted by Crippen LogP contribution is 2.33. The third kappa shape index (κ3) is 6.64. The van der Waals surface area contributed by atoms with Crippen LogP contribution in [0.2, 0.25) is 10.0 Å². The molecule has 6 nitrogen and oxygen atoms in total. The van der Waals surface area contributed by atoms with E-state index in [0.717, 1.165) is 55.6 Å². The smallest absolute Gasteiger partial charge is 0.272 e. The summed E-state index contributed by atoms with van der Waals surface area (Å²) in [6.07, 6.45) is 0.685. The van der Waals surface area contributed by atoms with Gasteiger partial charge in [0.05, 0.1) is 18.9 Å². The Kier molecular flexibility index (Phi) is 8.17. The topological polar surface area (TPSA) is 59.4 Å². The lowest BCUT2D eigenvalue weighted by Crippen LogP contribution is -2.41. The van der Waals surface area contributed by atoms with Crippen molar-refractivity contribution in [3.05, 3.63) is 70.1 Å². The summed E-state index contributed by atoms with van der Waals surface area (Å²) in [6.45, 7) is 11.0. The molecule has 0 atom stereocenters. The number of hydrogen-bond donors (Lipinski definition) is 1. The maximum atomic E-state index is 13.5. The molecule has 0 spiro atoms. The van der Waals surface area contributed by atoms with Crippen molar-refractivity contribution in [3.63, 3.8) is 0 Å². The quantitative estimate of drug-likeness (QED) is 0.452. The van der Waals surface area contributed by atoms with Gasteiger partial charge in [-0.05, 0) is 41.8 Å². The van der Waals surface area contributed by atoms with Crippen molar-refractivity contribution < 1.29 is 9.53 Å². The molecule has 1 fully saturated rings. The van der Waals surface area contributed by atoms with Crippen molar-refractivity contribution in [3.8, 4) is 16.9 Å². The molecule has 4 rings (SSSR count). The third-order valence-corrected chi connectivity index (χ3v) is 6.34. The van der Waals surface area contributed by atoms with E-state index >= 15 is 0 Å². The molecule has 0 saturated carbocycles. The molecular formula is C27H32Cl2N4O2. The van der Waals surface area contributed by atoms with Crippen molar-refractivity contribution in [1.29, 1.82) is 0 Å². The number of carbonyl (C=O) groups excluding carboxylic acids is 1. The number of carbonyl (C=O) groups is 1. The first kappa shape index (κ1) is 25.7. The zero-order valence-electron chi connectivity index (χ0n) is 20.5. The van der Waals surface area contributed by atoms with E-state index in [9.17, 15) is 4.79 Å². The lowest BCUT2D eigenvalue weighted by Gasteiger charge is -2.26. The first-order valence-electron chi connectivity index (χ1n) is 11.9. The molecule has 1 aliphatic rings. The van der Waals surface area contributed by atoms with Crippen LogP contribution in [0.3, 0.4) is 0 Å². The minimum Gasteiger partial charge on any atom is -0.379 e. The second-order valence-electron chi connectivity index (χ2n) is 9.99. The number of amides is 1. The maximum Gasteiger partial charge on any atom is 0.272 e. The largest absolute Gasteiger partial charge is 0.379 e. The summed E-state index contributed by atoms with van der Waals surface area (Å²) in [4.78, 5) is 20.7. The number of nitrogens with one attached hydrogen (secondary N) is 1. The molecule has 1 amide bonds. The molecule has 1 saturated heterocycles. The predicted molar refractivity (Wildman–Crippen MR) is 142 cm³/mol. The van der Waals surface area contributed by atoms with Crippen molar-refractivity contribution in [2.75, 3.05) is 39.4 Å². The summed E-state index contributed by atoms with van der Waals surface area (Å²) >= 11 is 12.5. The Labute approximate surface area is 217 Å². The molecular weight excluding hydrogens is 483 g/mol. The molecule has 1 aliphatic heterocycles. The van der Waals surface area contributed by atoms with Crippen LogP contribution in [-0.2, 0) is 11.2 Å². The standard InChI is InChI=1S/C27H32Cl2N4O2/c1-27(2,3)18-23-31-24(26(34)30-11-12-32-13-15-35-16-14-32)25(19-5-4-6-21(29)17-19)33(23)22-9-7-20(28)8-10-22/h4-10,17H,11-16,18H2,1-3H3,(H,30,34). The lowest BCUT2D eigenvalue weighted by molar-refractivity contribution is 0.0383. The van der Waals surface area contributed by atoms with Gasteiger partial charge >= 0.3 is 0 Å². The second-order valence-corrected chi connectivity index (χ2v) is 10.9. The van der Waals surface area contributed by atoms with Crippen molar-refractivity contribution in [1.82, 2.24) is 19.8 Å². The molecule has 0 bridgehead atoms. The van der Waals surface area contributed by atoms with Gasteiger partial charge in [-0.2, -0.15) is 0 Å². The van der Waals surface area contributed by atoms with E-state index in [1.165, 1.54) is 0 Å². The van der Waals surface area contributed by atoms with Gasteiger partial charge in [0.1, 0.15) is 5.82 Å². The molecule has 3 aromatic rings. The maximum absolute atomic E-state index is 13.5. The van der Waals surface area contributed by atoms with E-state index in [2.05, 4.69) is 35.6 Å². The van der Waals surface area contributed by atoms with Gasteiger partial charge in [0.15, 0.2) is 5.69 Å². The number of hydrogen-bond acceptors (Lipinski definition) is 4. The van der Waals surface area contributed by atoms with Gasteiger partial charge in [-0.1, -0.05) is 56.1 Å². The van der Waals surface area contributed by atoms with Gasteiger partial charge in [0, 0.05) is 53.9 Å². The number of ether oxygens (including phenoxy) is 1. The summed E-state index contributed by atoms with van der Waals surface area (Å²) < 4.78 is 7.47. The van der Waals surface area contributed by atoms with E-state index < -0.39 is 0 Å². The zero-order chi connectivity index (χ0) is 25.0. The molecule has 186 valence electrons. The highest BCUT2D eigenvalue weighted by molar-refractivity contribution is 6.31. The number of imidazole rings is 1. The van der Waals surface area contributed by atoms with Gasteiger partial charge in [0.25, 0.3) is 5.91 Å². The third-order valence-electron chi connectivity index (χ3n) is 5.85. The van der Waals surface area contributed by atoms with Gasteiger partial charge in [0.2, 0.25) is 0 Å². The Bertz CT molecular complexity index is 1160. The first-order valence-corrected chi connectivity index (χ1v) is 12.7. The Morgan fingerprint density at radius 3 is 2.43 bits per heavy atom. The highest BCUT2D eigenvalue weighted by atomic mass is 35.5. The van der Waals surface area contributed by atoms with Gasteiger partial charge in [-0.25, -0.2) is 4.98 Å². The number of benzene rings is 2. The summed E-state index contributed by atoms with van der Waals surface area (Å²) in [7, 11) is 0. The van der Waals surface area contributed by atoms with E-state index in [1.54, 1.807) is 0 Å². The summed E-state index contributed by atoms with van der Waals surface area (Å²) in [5.74, 6) is 0.615. The van der Waals surface area contributed by atoms with Crippen LogP contribution < -0.4 is 5.32 Å². The zero-order valence-corrected chi connectivity index (χ0v) is 22.0. The van der Waals surface area contributed by atoms with Crippen molar-refractivity contribution >= 4 is 29.1 Å². The second kappa shape index (κ2) is 11.1. The van der Waals surface area contributed by atoms with Crippen molar-refractivity contribution in [2.24, 2.45) is 5.41 Å². The van der Waals surface area contributed by atoms with Crippen LogP contribution in [0.4, 0.5) is 0 Å². The number of rotatable bonds is 7. The van der Waals surface area contributed by atoms with Crippen LogP contribution in [0.15, 0.2) is 48.5 Å². The Morgan fingerprint density at radius 1 is 1.06 bits per heavy atom. The molecule has 0 radical (unpaired) electrons. The average Bonchev–Trinajstić information content (AvgIpc) is 3.18. The summed E-state index contributed by atoms with van der Waals surface area (Å²) in [6, 6.07) is 15.1.